The summed E-state index contributed by atoms with van der Waals surface area (Å²) in [6, 6.07) is 5.79. The average molecular weight is 447 g/mol. The quantitative estimate of drug-likeness (QED) is 0.557. The molecule has 8 nitrogen and oxygen atoms in total. The summed E-state index contributed by atoms with van der Waals surface area (Å²) in [6.45, 7) is 4.65. The Balaban J connectivity index is 1.37. The van der Waals surface area contributed by atoms with Gasteiger partial charge in [-0.2, -0.15) is 0 Å². The van der Waals surface area contributed by atoms with E-state index in [9.17, 15) is 4.79 Å². The Morgan fingerprint density at radius 2 is 2.27 bits per heavy atom. The first-order valence-electron chi connectivity index (χ1n) is 10.1. The van der Waals surface area contributed by atoms with Crippen molar-refractivity contribution in [3.63, 3.8) is 0 Å². The number of hydrogen-bond donors (Lipinski definition) is 1. The van der Waals surface area contributed by atoms with Gasteiger partial charge in [-0.3, -0.25) is 9.69 Å². The third-order valence-electron chi connectivity index (χ3n) is 5.21. The largest absolute Gasteiger partial charge is 0.494 e. The number of amides is 1. The normalized spacial score (nSPS) is 17.4. The van der Waals surface area contributed by atoms with E-state index in [1.165, 1.54) is 11.3 Å². The van der Waals surface area contributed by atoms with Crippen LogP contribution >= 0.6 is 23.1 Å². The second-order valence-corrected chi connectivity index (χ2v) is 9.11. The van der Waals surface area contributed by atoms with Crippen molar-refractivity contribution in [1.82, 2.24) is 24.6 Å². The van der Waals surface area contributed by atoms with E-state index in [-0.39, 0.29) is 5.91 Å². The van der Waals surface area contributed by atoms with Gasteiger partial charge in [0.1, 0.15) is 11.6 Å². The number of ether oxygens (including phenoxy) is 1. The highest BCUT2D eigenvalue weighted by Crippen LogP contribution is 2.30. The lowest BCUT2D eigenvalue weighted by Gasteiger charge is -2.31. The van der Waals surface area contributed by atoms with Gasteiger partial charge in [0.25, 0.3) is 0 Å². The monoisotopic (exact) mass is 446 g/mol. The summed E-state index contributed by atoms with van der Waals surface area (Å²) in [4.78, 5) is 19.4. The molecule has 1 atom stereocenters. The van der Waals surface area contributed by atoms with Crippen molar-refractivity contribution in [3.8, 4) is 5.75 Å². The van der Waals surface area contributed by atoms with Gasteiger partial charge < -0.3 is 14.6 Å². The van der Waals surface area contributed by atoms with E-state index in [4.69, 9.17) is 4.74 Å². The summed E-state index contributed by atoms with van der Waals surface area (Å²) in [5.41, 5.74) is 0.865. The maximum atomic E-state index is 12.6. The number of nitrogens with zero attached hydrogens (tertiary/aromatic N) is 5. The standard InChI is InChI=1S/C20H26N6O2S2/c1-4-28-14-7-8-15-16(10-14)30-19(21-15)22-17(27)12-26-9-5-6-13(11-26)18-23-24-20(29-3)25(18)2/h7-8,10,13H,4-6,9,11-12H2,1-3H3,(H,21,22,27)/t13-/m1/s1. The lowest BCUT2D eigenvalue weighted by molar-refractivity contribution is -0.117. The molecular formula is C20H26N6O2S2. The molecule has 0 aliphatic carbocycles. The van der Waals surface area contributed by atoms with Crippen molar-refractivity contribution in [2.75, 3.05) is 37.8 Å². The van der Waals surface area contributed by atoms with Crippen molar-refractivity contribution >= 4 is 44.4 Å². The van der Waals surface area contributed by atoms with Crippen LogP contribution in [0, 0.1) is 0 Å². The molecule has 4 rings (SSSR count). The van der Waals surface area contributed by atoms with Gasteiger partial charge in [0.2, 0.25) is 5.91 Å². The minimum Gasteiger partial charge on any atom is -0.494 e. The topological polar surface area (TPSA) is 85.2 Å². The lowest BCUT2D eigenvalue weighted by atomic mass is 9.97. The Morgan fingerprint density at radius 1 is 1.40 bits per heavy atom. The smallest absolute Gasteiger partial charge is 0.240 e. The van der Waals surface area contributed by atoms with Gasteiger partial charge in [0.15, 0.2) is 10.3 Å². The number of aromatic nitrogens is 4. The zero-order valence-electron chi connectivity index (χ0n) is 17.4. The zero-order chi connectivity index (χ0) is 21.1. The van der Waals surface area contributed by atoms with E-state index in [2.05, 4.69) is 30.0 Å². The van der Waals surface area contributed by atoms with Crippen LogP contribution in [-0.2, 0) is 11.8 Å². The van der Waals surface area contributed by atoms with Crippen LogP contribution in [0.1, 0.15) is 31.5 Å². The second kappa shape index (κ2) is 9.32. The molecule has 160 valence electrons. The van der Waals surface area contributed by atoms with E-state index < -0.39 is 0 Å². The number of nitrogens with one attached hydrogen (secondary N) is 1. The highest BCUT2D eigenvalue weighted by atomic mass is 32.2. The van der Waals surface area contributed by atoms with E-state index in [0.717, 1.165) is 52.9 Å². The number of piperidine rings is 1. The third kappa shape index (κ3) is 4.60. The zero-order valence-corrected chi connectivity index (χ0v) is 19.1. The second-order valence-electron chi connectivity index (χ2n) is 7.31. The molecule has 30 heavy (non-hydrogen) atoms. The lowest BCUT2D eigenvalue weighted by Crippen LogP contribution is -2.40. The fourth-order valence-electron chi connectivity index (χ4n) is 3.85. The molecular weight excluding hydrogens is 420 g/mol. The summed E-state index contributed by atoms with van der Waals surface area (Å²) in [5.74, 6) is 2.08. The highest BCUT2D eigenvalue weighted by Gasteiger charge is 2.27. The molecule has 0 radical (unpaired) electrons. The van der Waals surface area contributed by atoms with Crippen LogP contribution in [0.3, 0.4) is 0 Å². The summed E-state index contributed by atoms with van der Waals surface area (Å²) in [7, 11) is 2.01. The maximum absolute atomic E-state index is 12.6. The summed E-state index contributed by atoms with van der Waals surface area (Å²) in [6.07, 6.45) is 4.12. The molecule has 10 heteroatoms. The van der Waals surface area contributed by atoms with Crippen LogP contribution in [0.25, 0.3) is 10.2 Å². The number of benzene rings is 1. The Labute approximate surface area is 184 Å². The van der Waals surface area contributed by atoms with Crippen molar-refractivity contribution < 1.29 is 9.53 Å². The molecule has 0 bridgehead atoms. The van der Waals surface area contributed by atoms with Crippen molar-refractivity contribution in [2.45, 2.75) is 30.8 Å². The number of anilines is 1. The van der Waals surface area contributed by atoms with E-state index >= 15 is 0 Å². The van der Waals surface area contributed by atoms with Crippen LogP contribution in [-0.4, -0.2) is 63.1 Å². The molecule has 0 spiro atoms. The van der Waals surface area contributed by atoms with Gasteiger partial charge in [-0.1, -0.05) is 23.1 Å². The van der Waals surface area contributed by atoms with E-state index in [0.29, 0.717) is 24.2 Å². The first kappa shape index (κ1) is 21.1. The third-order valence-corrected chi connectivity index (χ3v) is 6.86. The van der Waals surface area contributed by atoms with Crippen LogP contribution in [0.5, 0.6) is 5.75 Å². The van der Waals surface area contributed by atoms with Crippen molar-refractivity contribution in [3.05, 3.63) is 24.0 Å². The Bertz CT molecular complexity index is 1030. The molecule has 1 aliphatic rings. The summed E-state index contributed by atoms with van der Waals surface area (Å²) in [5, 5.41) is 13.1. The van der Waals surface area contributed by atoms with Gasteiger partial charge >= 0.3 is 0 Å². The number of hydrogen-bond acceptors (Lipinski definition) is 8. The molecule has 0 saturated carbocycles. The summed E-state index contributed by atoms with van der Waals surface area (Å²) < 4.78 is 8.61. The average Bonchev–Trinajstić information content (AvgIpc) is 3.30. The van der Waals surface area contributed by atoms with E-state index in [1.54, 1.807) is 11.8 Å². The molecule has 1 aliphatic heterocycles. The van der Waals surface area contributed by atoms with Gasteiger partial charge in [0, 0.05) is 19.5 Å². The molecule has 3 aromatic rings. The molecule has 0 unspecified atom stereocenters. The highest BCUT2D eigenvalue weighted by molar-refractivity contribution is 7.98. The number of rotatable bonds is 7. The molecule has 2 aromatic heterocycles. The van der Waals surface area contributed by atoms with Crippen molar-refractivity contribution in [1.29, 1.82) is 0 Å². The molecule has 3 heterocycles. The first-order chi connectivity index (χ1) is 14.6. The van der Waals surface area contributed by atoms with Gasteiger partial charge in [0.05, 0.1) is 23.4 Å². The molecule has 1 aromatic carbocycles. The first-order valence-corrected chi connectivity index (χ1v) is 12.1. The number of carbonyl (C=O) groups excluding carboxylic acids is 1. The maximum Gasteiger partial charge on any atom is 0.240 e. The predicted molar refractivity (Wildman–Crippen MR) is 121 cm³/mol. The Morgan fingerprint density at radius 3 is 3.03 bits per heavy atom. The fourth-order valence-corrected chi connectivity index (χ4v) is 5.25. The molecule has 1 N–H and O–H groups in total. The van der Waals surface area contributed by atoms with Crippen LogP contribution in [0.15, 0.2) is 23.4 Å². The van der Waals surface area contributed by atoms with Gasteiger partial charge in [-0.15, -0.1) is 10.2 Å². The number of fused-ring (bicyclic) bond motifs is 1. The summed E-state index contributed by atoms with van der Waals surface area (Å²) >= 11 is 3.06. The number of thioether (sulfide) groups is 1. The molecule has 1 fully saturated rings. The number of thiazole rings is 1. The van der Waals surface area contributed by atoms with E-state index in [1.807, 2.05) is 38.4 Å². The van der Waals surface area contributed by atoms with Gasteiger partial charge in [-0.05, 0) is 50.8 Å². The van der Waals surface area contributed by atoms with Crippen molar-refractivity contribution in [2.24, 2.45) is 7.05 Å². The van der Waals surface area contributed by atoms with Crippen LogP contribution in [0.2, 0.25) is 0 Å². The fraction of sp³-hybridized carbons (Fsp3) is 0.500. The van der Waals surface area contributed by atoms with Crippen LogP contribution < -0.4 is 10.1 Å². The Hall–Kier alpha value is -2.17. The van der Waals surface area contributed by atoms with Gasteiger partial charge in [-0.25, -0.2) is 4.98 Å². The Kier molecular flexibility index (Phi) is 6.55. The minimum absolute atomic E-state index is 0.0393. The predicted octanol–water partition coefficient (Wildman–Crippen LogP) is 3.36. The molecule has 1 amide bonds. The minimum atomic E-state index is -0.0393. The molecule has 1 saturated heterocycles. The SMILES string of the molecule is CCOc1ccc2nc(NC(=O)CN3CCC[C@@H](c4nnc(SC)n4C)C3)sc2c1. The number of likely N-dealkylation sites (tertiary alicyclic amines) is 1. The number of carbonyl (C=O) groups is 1. The van der Waals surface area contributed by atoms with Crippen LogP contribution in [0.4, 0.5) is 5.13 Å².